The molecule has 3 nitrogen and oxygen atoms in total. The summed E-state index contributed by atoms with van der Waals surface area (Å²) in [4.78, 5) is 11.3. The number of aromatic carboxylic acids is 1. The minimum absolute atomic E-state index is 0.0470. The van der Waals surface area contributed by atoms with E-state index in [1.165, 1.54) is 31.0 Å². The molecule has 0 spiro atoms. The highest BCUT2D eigenvalue weighted by atomic mass is 32.2. The summed E-state index contributed by atoms with van der Waals surface area (Å²) < 4.78 is 18.1. The van der Waals surface area contributed by atoms with Gasteiger partial charge in [0.2, 0.25) is 0 Å². The SMILES string of the molecule is COc1cc(SC)cc(C(=O)O)c1F. The first-order chi connectivity index (χ1) is 6.60. The molecule has 1 N–H and O–H groups in total. The normalized spacial score (nSPS) is 9.93. The van der Waals surface area contributed by atoms with Crippen LogP contribution in [0.2, 0.25) is 0 Å². The van der Waals surface area contributed by atoms with Gasteiger partial charge in [-0.2, -0.15) is 0 Å². The first kappa shape index (κ1) is 10.8. The highest BCUT2D eigenvalue weighted by Crippen LogP contribution is 2.27. The molecule has 0 bridgehead atoms. The number of methoxy groups -OCH3 is 1. The molecule has 0 aromatic heterocycles. The van der Waals surface area contributed by atoms with Crippen molar-refractivity contribution in [3.05, 3.63) is 23.5 Å². The molecule has 0 saturated carbocycles. The van der Waals surface area contributed by atoms with E-state index >= 15 is 0 Å². The summed E-state index contributed by atoms with van der Waals surface area (Å²) in [7, 11) is 1.30. The Hall–Kier alpha value is -1.23. The molecule has 1 rings (SSSR count). The topological polar surface area (TPSA) is 46.5 Å². The van der Waals surface area contributed by atoms with Crippen LogP contribution in [0, 0.1) is 5.82 Å². The predicted molar refractivity (Wildman–Crippen MR) is 51.7 cm³/mol. The molecule has 1 aromatic rings. The molecule has 14 heavy (non-hydrogen) atoms. The van der Waals surface area contributed by atoms with Crippen LogP contribution >= 0.6 is 11.8 Å². The van der Waals surface area contributed by atoms with E-state index in [1.807, 2.05) is 0 Å². The van der Waals surface area contributed by atoms with Crippen molar-refractivity contribution in [2.24, 2.45) is 0 Å². The largest absolute Gasteiger partial charge is 0.494 e. The van der Waals surface area contributed by atoms with Crippen molar-refractivity contribution in [1.82, 2.24) is 0 Å². The van der Waals surface area contributed by atoms with Crippen LogP contribution in [0.1, 0.15) is 10.4 Å². The average Bonchev–Trinajstić information content (AvgIpc) is 2.17. The zero-order valence-corrected chi connectivity index (χ0v) is 8.52. The summed E-state index contributed by atoms with van der Waals surface area (Å²) in [6, 6.07) is 2.75. The van der Waals surface area contributed by atoms with Crippen molar-refractivity contribution < 1.29 is 19.0 Å². The Morgan fingerprint density at radius 1 is 1.57 bits per heavy atom. The lowest BCUT2D eigenvalue weighted by Crippen LogP contribution is -2.02. The standard InChI is InChI=1S/C9H9FO3S/c1-13-7-4-5(14-2)3-6(8(7)10)9(11)12/h3-4H,1-2H3,(H,11,12). The molecular formula is C9H9FO3S. The smallest absolute Gasteiger partial charge is 0.338 e. The molecule has 0 radical (unpaired) electrons. The Morgan fingerprint density at radius 3 is 2.64 bits per heavy atom. The molecule has 0 unspecified atom stereocenters. The van der Waals surface area contributed by atoms with Crippen molar-refractivity contribution in [1.29, 1.82) is 0 Å². The van der Waals surface area contributed by atoms with Crippen molar-refractivity contribution in [3.63, 3.8) is 0 Å². The first-order valence-electron chi connectivity index (χ1n) is 3.75. The zero-order chi connectivity index (χ0) is 10.7. The zero-order valence-electron chi connectivity index (χ0n) is 7.70. The molecule has 0 heterocycles. The molecule has 0 atom stereocenters. The van der Waals surface area contributed by atoms with E-state index in [-0.39, 0.29) is 11.3 Å². The van der Waals surface area contributed by atoms with Crippen molar-refractivity contribution in [2.45, 2.75) is 4.90 Å². The van der Waals surface area contributed by atoms with Gasteiger partial charge >= 0.3 is 5.97 Å². The number of rotatable bonds is 3. The van der Waals surface area contributed by atoms with E-state index in [2.05, 4.69) is 0 Å². The summed E-state index contributed by atoms with van der Waals surface area (Å²) in [5, 5.41) is 8.70. The van der Waals surface area contributed by atoms with E-state index in [9.17, 15) is 9.18 Å². The molecule has 1 aromatic carbocycles. The fourth-order valence-electron chi connectivity index (χ4n) is 0.995. The maximum atomic E-state index is 13.3. The number of thioether (sulfide) groups is 1. The lowest BCUT2D eigenvalue weighted by molar-refractivity contribution is 0.0690. The molecule has 0 aliphatic rings. The second-order valence-electron chi connectivity index (χ2n) is 2.50. The molecule has 0 aliphatic heterocycles. The summed E-state index contributed by atoms with van der Waals surface area (Å²) in [6.07, 6.45) is 1.78. The van der Waals surface area contributed by atoms with Gasteiger partial charge in [-0.15, -0.1) is 11.8 Å². The van der Waals surface area contributed by atoms with Crippen molar-refractivity contribution in [3.8, 4) is 5.75 Å². The second-order valence-corrected chi connectivity index (χ2v) is 3.38. The van der Waals surface area contributed by atoms with Crippen LogP contribution in [0.5, 0.6) is 5.75 Å². The van der Waals surface area contributed by atoms with Crippen LogP contribution in [-0.2, 0) is 0 Å². The average molecular weight is 216 g/mol. The van der Waals surface area contributed by atoms with Gasteiger partial charge in [0.15, 0.2) is 11.6 Å². The number of carbonyl (C=O) groups is 1. The summed E-state index contributed by atoms with van der Waals surface area (Å²) >= 11 is 1.33. The lowest BCUT2D eigenvalue weighted by atomic mass is 10.2. The van der Waals surface area contributed by atoms with Gasteiger partial charge < -0.3 is 9.84 Å². The maximum absolute atomic E-state index is 13.3. The maximum Gasteiger partial charge on any atom is 0.338 e. The van der Waals surface area contributed by atoms with Crippen molar-refractivity contribution in [2.75, 3.05) is 13.4 Å². The summed E-state index contributed by atoms with van der Waals surface area (Å²) in [6.45, 7) is 0. The van der Waals surface area contributed by atoms with Gasteiger partial charge in [-0.3, -0.25) is 0 Å². The van der Waals surface area contributed by atoms with Crippen molar-refractivity contribution >= 4 is 17.7 Å². The van der Waals surface area contributed by atoms with Gasteiger partial charge in [0, 0.05) is 4.90 Å². The third-order valence-corrected chi connectivity index (χ3v) is 2.41. The van der Waals surface area contributed by atoms with E-state index in [0.717, 1.165) is 0 Å². The Labute approximate surface area is 84.9 Å². The third-order valence-electron chi connectivity index (χ3n) is 1.70. The minimum Gasteiger partial charge on any atom is -0.494 e. The molecule has 76 valence electrons. The van der Waals surface area contributed by atoms with Crippen LogP contribution in [0.25, 0.3) is 0 Å². The summed E-state index contributed by atoms with van der Waals surface area (Å²) in [5.74, 6) is -2.18. The molecule has 0 saturated heterocycles. The lowest BCUT2D eigenvalue weighted by Gasteiger charge is -2.06. The van der Waals surface area contributed by atoms with Gasteiger partial charge in [0.25, 0.3) is 0 Å². The fraction of sp³-hybridized carbons (Fsp3) is 0.222. The van der Waals surface area contributed by atoms with Gasteiger partial charge in [-0.05, 0) is 18.4 Å². The highest BCUT2D eigenvalue weighted by Gasteiger charge is 2.16. The van der Waals surface area contributed by atoms with Gasteiger partial charge in [0.1, 0.15) is 5.56 Å². The number of hydrogen-bond acceptors (Lipinski definition) is 3. The highest BCUT2D eigenvalue weighted by molar-refractivity contribution is 7.98. The van der Waals surface area contributed by atoms with E-state index in [4.69, 9.17) is 9.84 Å². The predicted octanol–water partition coefficient (Wildman–Crippen LogP) is 2.25. The minimum atomic E-state index is -1.29. The van der Waals surface area contributed by atoms with Crippen LogP contribution in [0.15, 0.2) is 17.0 Å². The molecule has 5 heteroatoms. The number of carboxylic acids is 1. The quantitative estimate of drug-likeness (QED) is 0.787. The van der Waals surface area contributed by atoms with E-state index in [0.29, 0.717) is 4.90 Å². The number of carboxylic acid groups (broad SMARTS) is 1. The number of hydrogen-bond donors (Lipinski definition) is 1. The Morgan fingerprint density at radius 2 is 2.21 bits per heavy atom. The first-order valence-corrected chi connectivity index (χ1v) is 4.97. The molecule has 0 amide bonds. The number of benzene rings is 1. The Bertz CT molecular complexity index is 365. The number of ether oxygens (including phenoxy) is 1. The van der Waals surface area contributed by atoms with Crippen LogP contribution in [0.3, 0.4) is 0 Å². The van der Waals surface area contributed by atoms with Gasteiger partial charge in [0.05, 0.1) is 7.11 Å². The fourth-order valence-corrected chi connectivity index (χ4v) is 1.46. The Balaban J connectivity index is 3.34. The van der Waals surface area contributed by atoms with Crippen LogP contribution in [0.4, 0.5) is 4.39 Å². The molecule has 0 aliphatic carbocycles. The third kappa shape index (κ3) is 1.98. The van der Waals surface area contributed by atoms with Crippen LogP contribution < -0.4 is 4.74 Å². The van der Waals surface area contributed by atoms with Crippen LogP contribution in [-0.4, -0.2) is 24.4 Å². The molecular weight excluding hydrogens is 207 g/mol. The Kier molecular flexibility index (Phi) is 3.35. The van der Waals surface area contributed by atoms with E-state index < -0.39 is 11.8 Å². The summed E-state index contributed by atoms with van der Waals surface area (Å²) in [5.41, 5.74) is -0.367. The monoisotopic (exact) mass is 216 g/mol. The van der Waals surface area contributed by atoms with Gasteiger partial charge in [-0.1, -0.05) is 0 Å². The van der Waals surface area contributed by atoms with Gasteiger partial charge in [-0.25, -0.2) is 9.18 Å². The second kappa shape index (κ2) is 4.32. The number of halogens is 1. The van der Waals surface area contributed by atoms with E-state index in [1.54, 1.807) is 6.26 Å². The molecule has 0 fully saturated rings.